The monoisotopic (exact) mass is 655 g/mol. The molecular weight excluding hydrogens is 610 g/mol. The van der Waals surface area contributed by atoms with Crippen molar-refractivity contribution in [1.82, 2.24) is 15.1 Å². The van der Waals surface area contributed by atoms with E-state index in [1.807, 2.05) is 19.2 Å². The van der Waals surface area contributed by atoms with Gasteiger partial charge in [0.05, 0.1) is 18.1 Å². The molecule has 3 aliphatic heterocycles. The summed E-state index contributed by atoms with van der Waals surface area (Å²) < 4.78 is 28.9. The maximum atomic E-state index is 13.3. The van der Waals surface area contributed by atoms with Gasteiger partial charge in [0, 0.05) is 24.6 Å². The number of methoxy groups -OCH3 is 1. The third-order valence-corrected chi connectivity index (χ3v) is 10.3. The Kier molecular flexibility index (Phi) is 8.23. The fraction of sp³-hybridized carbons (Fsp3) is 0.647. The van der Waals surface area contributed by atoms with Crippen LogP contribution < -0.4 is 14.8 Å². The molecule has 6 rings (SSSR count). The van der Waals surface area contributed by atoms with E-state index in [0.29, 0.717) is 43.7 Å². The maximum absolute atomic E-state index is 13.3. The van der Waals surface area contributed by atoms with Gasteiger partial charge in [0.15, 0.2) is 23.7 Å². The minimum absolute atomic E-state index is 0.153. The van der Waals surface area contributed by atoms with Gasteiger partial charge in [-0.2, -0.15) is 0 Å². The number of nitrogens with zero attached hydrogens (tertiary/aromatic N) is 2. The summed E-state index contributed by atoms with van der Waals surface area (Å²) in [5, 5.41) is 15.0. The summed E-state index contributed by atoms with van der Waals surface area (Å²) in [6, 6.07) is 1.84. The summed E-state index contributed by atoms with van der Waals surface area (Å²) in [4.78, 5) is 55.5. The van der Waals surface area contributed by atoms with Crippen LogP contribution in [-0.2, 0) is 40.4 Å². The predicted molar refractivity (Wildman–Crippen MR) is 167 cm³/mol. The Morgan fingerprint density at radius 3 is 2.57 bits per heavy atom. The molecule has 2 aliphatic carbocycles. The second-order valence-electron chi connectivity index (χ2n) is 14.3. The van der Waals surface area contributed by atoms with E-state index in [1.165, 1.54) is 18.7 Å². The Labute approximate surface area is 274 Å². The van der Waals surface area contributed by atoms with Crippen molar-refractivity contribution in [2.24, 2.45) is 0 Å². The Morgan fingerprint density at radius 1 is 1.13 bits per heavy atom. The summed E-state index contributed by atoms with van der Waals surface area (Å²) >= 11 is 0. The third kappa shape index (κ3) is 5.31. The molecule has 7 atom stereocenters. The number of likely N-dealkylation sites (N-methyl/N-ethyl adjacent to an activating group) is 1. The number of esters is 2. The van der Waals surface area contributed by atoms with Crippen LogP contribution in [0.1, 0.15) is 71.4 Å². The number of carbonyl (C=O) groups is 4. The molecule has 1 unspecified atom stereocenters. The van der Waals surface area contributed by atoms with Crippen molar-refractivity contribution >= 4 is 23.9 Å². The van der Waals surface area contributed by atoms with Crippen LogP contribution in [0.4, 0.5) is 4.79 Å². The predicted octanol–water partition coefficient (Wildman–Crippen LogP) is 2.35. The van der Waals surface area contributed by atoms with Crippen LogP contribution in [0.15, 0.2) is 24.0 Å². The van der Waals surface area contributed by atoms with Gasteiger partial charge in [-0.1, -0.05) is 6.07 Å². The molecule has 3 heterocycles. The van der Waals surface area contributed by atoms with Crippen LogP contribution in [-0.4, -0.2) is 108 Å². The SMILES string of the molecule is COc1ccc2c3c1O[C@H]1C(OC(=O)[C@H](C)OC(=O)[C@H](C)NC(=O)C4CCCN4C(=O)OC(C)(C)C)=CC[C@@]4(O)[C@@H](C2)N(C)CC[C@]314. The molecule has 2 fully saturated rings. The van der Waals surface area contributed by atoms with E-state index in [1.54, 1.807) is 34.0 Å². The van der Waals surface area contributed by atoms with E-state index in [4.69, 9.17) is 23.7 Å². The van der Waals surface area contributed by atoms with Crippen molar-refractivity contribution in [3.8, 4) is 11.5 Å². The number of rotatable bonds is 7. The number of piperidine rings is 1. The largest absolute Gasteiger partial charge is 0.493 e. The molecule has 0 aromatic heterocycles. The van der Waals surface area contributed by atoms with E-state index >= 15 is 0 Å². The minimum atomic E-state index is -1.31. The minimum Gasteiger partial charge on any atom is -0.493 e. The first kappa shape index (κ1) is 33.1. The fourth-order valence-corrected chi connectivity index (χ4v) is 8.06. The first-order valence-electron chi connectivity index (χ1n) is 16.3. The molecule has 1 aromatic carbocycles. The van der Waals surface area contributed by atoms with Gasteiger partial charge in [-0.25, -0.2) is 14.4 Å². The number of aliphatic hydroxyl groups is 1. The summed E-state index contributed by atoms with van der Waals surface area (Å²) in [6.07, 6.45) is 1.55. The number of carbonyl (C=O) groups excluding carboxylic acids is 4. The summed E-state index contributed by atoms with van der Waals surface area (Å²) in [5.74, 6) is -0.811. The topological polar surface area (TPSA) is 153 Å². The molecule has 47 heavy (non-hydrogen) atoms. The highest BCUT2D eigenvalue weighted by atomic mass is 16.6. The van der Waals surface area contributed by atoms with Gasteiger partial charge < -0.3 is 39.0 Å². The summed E-state index contributed by atoms with van der Waals surface area (Å²) in [5.41, 5.74) is -0.741. The molecule has 1 aromatic rings. The standard InChI is InChI=1S/C34H45N3O10/c1-18(35-28(38)21-9-8-15-37(21)31(41)47-32(3,4)5)29(39)44-19(2)30(40)45-23-12-13-34(42)24-17-20-10-11-22(43-7)26-25(20)33(34,27(23)46-26)14-16-36(24)6/h10-12,18-19,21,24,27,42H,8-9,13-17H2,1-7H3,(H,35,38)/t18-,19-,21?,24+,27-,33-,34+/m0/s1. The third-order valence-electron chi connectivity index (χ3n) is 10.3. The van der Waals surface area contributed by atoms with Crippen molar-refractivity contribution in [3.63, 3.8) is 0 Å². The van der Waals surface area contributed by atoms with Gasteiger partial charge in [0.25, 0.3) is 0 Å². The maximum Gasteiger partial charge on any atom is 0.410 e. The first-order chi connectivity index (χ1) is 22.1. The second kappa shape index (κ2) is 11.7. The fourth-order valence-electron chi connectivity index (χ4n) is 8.06. The van der Waals surface area contributed by atoms with Gasteiger partial charge in [-0.15, -0.1) is 0 Å². The number of ether oxygens (including phenoxy) is 5. The smallest absolute Gasteiger partial charge is 0.410 e. The highest BCUT2D eigenvalue weighted by Gasteiger charge is 2.72. The number of hydrogen-bond donors (Lipinski definition) is 2. The lowest BCUT2D eigenvalue weighted by Crippen LogP contribution is -2.74. The zero-order valence-corrected chi connectivity index (χ0v) is 28.1. The molecule has 2 N–H and O–H groups in total. The van der Waals surface area contributed by atoms with Gasteiger partial charge >= 0.3 is 18.0 Å². The highest BCUT2D eigenvalue weighted by Crippen LogP contribution is 2.65. The second-order valence-corrected chi connectivity index (χ2v) is 14.3. The Bertz CT molecular complexity index is 1520. The van der Waals surface area contributed by atoms with Gasteiger partial charge in [-0.05, 0) is 91.6 Å². The zero-order valence-electron chi connectivity index (χ0n) is 28.1. The van der Waals surface area contributed by atoms with Crippen molar-refractivity contribution in [3.05, 3.63) is 35.1 Å². The van der Waals surface area contributed by atoms with Crippen LogP contribution in [0.2, 0.25) is 0 Å². The van der Waals surface area contributed by atoms with E-state index in [0.717, 1.165) is 17.7 Å². The molecule has 5 aliphatic rings. The molecule has 2 amide bonds. The highest BCUT2D eigenvalue weighted by molar-refractivity contribution is 5.90. The average Bonchev–Trinajstić information content (AvgIpc) is 3.63. The Hall–Kier alpha value is -3.84. The number of hydrogen-bond acceptors (Lipinski definition) is 11. The van der Waals surface area contributed by atoms with Crippen LogP contribution in [0.3, 0.4) is 0 Å². The lowest BCUT2D eigenvalue weighted by molar-refractivity contribution is -0.176. The lowest BCUT2D eigenvalue weighted by Gasteiger charge is -2.61. The average molecular weight is 656 g/mol. The molecule has 0 saturated carbocycles. The molecule has 2 bridgehead atoms. The van der Waals surface area contributed by atoms with Crippen LogP contribution in [0.25, 0.3) is 0 Å². The number of benzene rings is 1. The molecule has 1 spiro atoms. The first-order valence-corrected chi connectivity index (χ1v) is 16.3. The van der Waals surface area contributed by atoms with Crippen LogP contribution in [0.5, 0.6) is 11.5 Å². The van der Waals surface area contributed by atoms with Gasteiger partial charge in [-0.3, -0.25) is 9.69 Å². The van der Waals surface area contributed by atoms with Crippen molar-refractivity contribution in [2.45, 2.75) is 114 Å². The summed E-state index contributed by atoms with van der Waals surface area (Å²) in [7, 11) is 3.58. The van der Waals surface area contributed by atoms with Crippen molar-refractivity contribution in [2.75, 3.05) is 27.2 Å². The molecule has 0 radical (unpaired) electrons. The molecule has 2 saturated heterocycles. The zero-order chi connectivity index (χ0) is 34.1. The molecule has 13 nitrogen and oxygen atoms in total. The number of likely N-dealkylation sites (tertiary alicyclic amines) is 2. The number of nitrogens with one attached hydrogen (secondary N) is 1. The normalized spacial score (nSPS) is 30.3. The van der Waals surface area contributed by atoms with E-state index < -0.39 is 64.8 Å². The number of amides is 2. The van der Waals surface area contributed by atoms with Gasteiger partial charge in [0.1, 0.15) is 23.4 Å². The molecular formula is C34H45N3O10. The molecule has 256 valence electrons. The molecule has 13 heteroatoms. The summed E-state index contributed by atoms with van der Waals surface area (Å²) in [6.45, 7) is 9.17. The van der Waals surface area contributed by atoms with E-state index in [2.05, 4.69) is 10.2 Å². The van der Waals surface area contributed by atoms with Crippen LogP contribution >= 0.6 is 0 Å². The van der Waals surface area contributed by atoms with E-state index in [9.17, 15) is 24.3 Å². The van der Waals surface area contributed by atoms with Crippen LogP contribution in [0, 0.1) is 0 Å². The lowest BCUT2D eigenvalue weighted by atomic mass is 9.50. The van der Waals surface area contributed by atoms with Crippen molar-refractivity contribution < 1.29 is 48.0 Å². The van der Waals surface area contributed by atoms with E-state index in [-0.39, 0.29) is 18.2 Å². The Balaban J connectivity index is 1.12. The Morgan fingerprint density at radius 2 is 1.87 bits per heavy atom. The van der Waals surface area contributed by atoms with Gasteiger partial charge in [0.2, 0.25) is 5.91 Å². The van der Waals surface area contributed by atoms with Crippen molar-refractivity contribution in [1.29, 1.82) is 0 Å². The quantitative estimate of drug-likeness (QED) is 0.329.